The average Bonchev–Trinajstić information content (AvgIpc) is 2.78. The summed E-state index contributed by atoms with van der Waals surface area (Å²) in [7, 11) is 4.69. The Balaban J connectivity index is 1.71. The topological polar surface area (TPSA) is 69.2 Å². The quantitative estimate of drug-likeness (QED) is 0.648. The number of methoxy groups -OCH3 is 3. The molecule has 0 radical (unpaired) electrons. The van der Waals surface area contributed by atoms with E-state index in [0.717, 1.165) is 48.9 Å². The second-order valence-corrected chi connectivity index (χ2v) is 7.71. The summed E-state index contributed by atoms with van der Waals surface area (Å²) in [5, 5.41) is 14.4. The van der Waals surface area contributed by atoms with Gasteiger partial charge in [-0.15, -0.1) is 0 Å². The van der Waals surface area contributed by atoms with Crippen molar-refractivity contribution in [3.63, 3.8) is 0 Å². The van der Waals surface area contributed by atoms with Gasteiger partial charge < -0.3 is 29.4 Å². The molecule has 1 fully saturated rings. The van der Waals surface area contributed by atoms with Gasteiger partial charge in [-0.05, 0) is 86.1 Å². The number of hydrogen-bond acceptors (Lipinski definition) is 6. The van der Waals surface area contributed by atoms with Crippen LogP contribution in [0.4, 0.5) is 0 Å². The van der Waals surface area contributed by atoms with Crippen molar-refractivity contribution in [1.29, 1.82) is 0 Å². The number of aliphatic hydroxyl groups excluding tert-OH is 1. The maximum Gasteiger partial charge on any atom is 0.203 e. The minimum absolute atomic E-state index is 0.505. The minimum atomic E-state index is -0.817. The number of aryl methyl sites for hydroxylation is 1. The zero-order valence-corrected chi connectivity index (χ0v) is 18.4. The van der Waals surface area contributed by atoms with Crippen LogP contribution in [-0.2, 0) is 0 Å². The third-order valence-electron chi connectivity index (χ3n) is 5.79. The number of nitrogens with one attached hydrogen (secondary N) is 1. The van der Waals surface area contributed by atoms with E-state index in [-0.39, 0.29) is 0 Å². The van der Waals surface area contributed by atoms with E-state index in [2.05, 4.69) is 5.32 Å². The van der Waals surface area contributed by atoms with Crippen molar-refractivity contribution in [1.82, 2.24) is 5.32 Å². The summed E-state index contributed by atoms with van der Waals surface area (Å²) in [5.41, 5.74) is 2.46. The lowest BCUT2D eigenvalue weighted by Gasteiger charge is -2.22. The van der Waals surface area contributed by atoms with Crippen LogP contribution in [0.1, 0.15) is 42.1 Å². The van der Waals surface area contributed by atoms with E-state index in [4.69, 9.17) is 18.9 Å². The van der Waals surface area contributed by atoms with Crippen LogP contribution >= 0.6 is 0 Å². The first-order chi connectivity index (χ1) is 14.6. The van der Waals surface area contributed by atoms with Gasteiger partial charge in [0.25, 0.3) is 0 Å². The van der Waals surface area contributed by atoms with E-state index < -0.39 is 6.10 Å². The van der Waals surface area contributed by atoms with Gasteiger partial charge in [0.05, 0.1) is 27.9 Å². The lowest BCUT2D eigenvalue weighted by atomic mass is 9.95. The van der Waals surface area contributed by atoms with Crippen LogP contribution in [0.25, 0.3) is 0 Å². The Morgan fingerprint density at radius 3 is 2.23 bits per heavy atom. The highest BCUT2D eigenvalue weighted by Crippen LogP contribution is 2.41. The number of rotatable bonds is 9. The van der Waals surface area contributed by atoms with Crippen LogP contribution in [0.5, 0.6) is 23.0 Å². The highest BCUT2D eigenvalue weighted by Gasteiger charge is 2.20. The summed E-state index contributed by atoms with van der Waals surface area (Å²) in [6, 6.07) is 9.37. The van der Waals surface area contributed by atoms with Crippen molar-refractivity contribution >= 4 is 0 Å². The van der Waals surface area contributed by atoms with E-state index in [1.54, 1.807) is 33.5 Å². The second-order valence-electron chi connectivity index (χ2n) is 7.71. The van der Waals surface area contributed by atoms with Crippen LogP contribution in [0.2, 0.25) is 0 Å². The molecule has 1 aliphatic heterocycles. The second kappa shape index (κ2) is 10.5. The van der Waals surface area contributed by atoms with E-state index in [1.807, 2.05) is 25.1 Å². The van der Waals surface area contributed by atoms with Gasteiger partial charge in [-0.25, -0.2) is 0 Å². The zero-order valence-electron chi connectivity index (χ0n) is 18.4. The molecule has 1 atom stereocenters. The highest BCUT2D eigenvalue weighted by atomic mass is 16.5. The molecular weight excluding hydrogens is 382 g/mol. The molecule has 2 aromatic carbocycles. The lowest BCUT2D eigenvalue weighted by Crippen LogP contribution is -2.28. The molecule has 2 N–H and O–H groups in total. The van der Waals surface area contributed by atoms with Crippen molar-refractivity contribution in [2.75, 3.05) is 41.0 Å². The van der Waals surface area contributed by atoms with Crippen LogP contribution in [0.3, 0.4) is 0 Å². The standard InChI is InChI=1S/C24H33NO5/c1-16-13-19(30-12-9-17-7-10-25-11-8-17)5-6-20(16)23(26)18-14-21(27-2)24(29-4)22(15-18)28-3/h5-6,13-15,17,23,25-26H,7-12H2,1-4H3. The summed E-state index contributed by atoms with van der Waals surface area (Å²) in [6.07, 6.45) is 2.71. The SMILES string of the molecule is COc1cc(C(O)c2ccc(OCCC3CCNCC3)cc2C)cc(OC)c1OC. The summed E-state index contributed by atoms with van der Waals surface area (Å²) >= 11 is 0. The molecule has 6 heteroatoms. The predicted molar refractivity (Wildman–Crippen MR) is 117 cm³/mol. The number of ether oxygens (including phenoxy) is 4. The van der Waals surface area contributed by atoms with E-state index in [1.165, 1.54) is 12.8 Å². The third-order valence-corrected chi connectivity index (χ3v) is 5.79. The Morgan fingerprint density at radius 1 is 1.00 bits per heavy atom. The van der Waals surface area contributed by atoms with Crippen molar-refractivity contribution in [2.45, 2.75) is 32.3 Å². The molecule has 0 aliphatic carbocycles. The molecule has 1 aliphatic rings. The molecule has 0 aromatic heterocycles. The maximum atomic E-state index is 11.0. The van der Waals surface area contributed by atoms with Crippen LogP contribution in [0, 0.1) is 12.8 Å². The Bertz CT molecular complexity index is 807. The normalized spacial score (nSPS) is 15.5. The number of aliphatic hydroxyl groups is 1. The van der Waals surface area contributed by atoms with E-state index in [9.17, 15) is 5.11 Å². The molecule has 0 bridgehead atoms. The van der Waals surface area contributed by atoms with Gasteiger partial charge in [-0.3, -0.25) is 0 Å². The van der Waals surface area contributed by atoms with Gasteiger partial charge in [0.2, 0.25) is 5.75 Å². The molecule has 0 saturated carbocycles. The first-order valence-corrected chi connectivity index (χ1v) is 10.5. The summed E-state index contributed by atoms with van der Waals surface area (Å²) < 4.78 is 22.2. The van der Waals surface area contributed by atoms with Gasteiger partial charge in [-0.1, -0.05) is 6.07 Å². The minimum Gasteiger partial charge on any atom is -0.494 e. The maximum absolute atomic E-state index is 11.0. The molecule has 2 aromatic rings. The largest absolute Gasteiger partial charge is 0.494 e. The summed E-state index contributed by atoms with van der Waals surface area (Å²) in [5.74, 6) is 3.11. The van der Waals surface area contributed by atoms with Crippen molar-refractivity contribution in [3.05, 3.63) is 47.0 Å². The van der Waals surface area contributed by atoms with E-state index >= 15 is 0 Å². The van der Waals surface area contributed by atoms with Crippen molar-refractivity contribution in [2.24, 2.45) is 5.92 Å². The van der Waals surface area contributed by atoms with E-state index in [0.29, 0.717) is 22.8 Å². The Morgan fingerprint density at radius 2 is 1.67 bits per heavy atom. The molecule has 3 rings (SSSR count). The lowest BCUT2D eigenvalue weighted by molar-refractivity contribution is 0.217. The molecule has 0 amide bonds. The molecule has 6 nitrogen and oxygen atoms in total. The van der Waals surface area contributed by atoms with Crippen molar-refractivity contribution < 1.29 is 24.1 Å². The van der Waals surface area contributed by atoms with Gasteiger partial charge in [0, 0.05) is 0 Å². The molecule has 1 unspecified atom stereocenters. The van der Waals surface area contributed by atoms with Crippen LogP contribution < -0.4 is 24.3 Å². The summed E-state index contributed by atoms with van der Waals surface area (Å²) in [6.45, 7) is 4.92. The predicted octanol–water partition coefficient (Wildman–Crippen LogP) is 3.87. The zero-order chi connectivity index (χ0) is 21.5. The average molecular weight is 416 g/mol. The Kier molecular flexibility index (Phi) is 7.82. The number of benzene rings is 2. The molecular formula is C24H33NO5. The first kappa shape index (κ1) is 22.2. The number of hydrogen-bond donors (Lipinski definition) is 2. The van der Waals surface area contributed by atoms with Crippen molar-refractivity contribution in [3.8, 4) is 23.0 Å². The molecule has 164 valence electrons. The molecule has 30 heavy (non-hydrogen) atoms. The molecule has 0 spiro atoms. The monoisotopic (exact) mass is 415 g/mol. The first-order valence-electron chi connectivity index (χ1n) is 10.5. The highest BCUT2D eigenvalue weighted by molar-refractivity contribution is 5.55. The fourth-order valence-electron chi connectivity index (χ4n) is 4.00. The van der Waals surface area contributed by atoms with Gasteiger partial charge >= 0.3 is 0 Å². The molecule has 1 saturated heterocycles. The van der Waals surface area contributed by atoms with Gasteiger partial charge in [0.15, 0.2) is 11.5 Å². The smallest absolute Gasteiger partial charge is 0.203 e. The fourth-order valence-corrected chi connectivity index (χ4v) is 4.00. The third kappa shape index (κ3) is 5.18. The summed E-state index contributed by atoms with van der Waals surface area (Å²) in [4.78, 5) is 0. The van der Waals surface area contributed by atoms with Gasteiger partial charge in [-0.2, -0.15) is 0 Å². The molecule has 1 heterocycles. The number of piperidine rings is 1. The van der Waals surface area contributed by atoms with Gasteiger partial charge in [0.1, 0.15) is 11.9 Å². The Labute approximate surface area is 179 Å². The Hall–Kier alpha value is -2.44. The van der Waals surface area contributed by atoms with Crippen LogP contribution in [0.15, 0.2) is 30.3 Å². The fraction of sp³-hybridized carbons (Fsp3) is 0.500. The van der Waals surface area contributed by atoms with Crippen LogP contribution in [-0.4, -0.2) is 46.1 Å².